The predicted molar refractivity (Wildman–Crippen MR) is 259 cm³/mol. The molecule has 15 nitrogen and oxygen atoms in total. The van der Waals surface area contributed by atoms with Gasteiger partial charge in [-0.25, -0.2) is 4.98 Å². The minimum Gasteiger partial charge on any atom is -0.481 e. The summed E-state index contributed by atoms with van der Waals surface area (Å²) in [5.74, 6) is -2.00. The molecule has 11 N–H and O–H groups in total. The molecular formula is C55H86N4O11. The zero-order valence-electron chi connectivity index (χ0n) is 42.6. The molecule has 7 aliphatic carbocycles. The van der Waals surface area contributed by atoms with E-state index in [9.17, 15) is 45.3 Å². The number of hydrogen-bond donors (Lipinski definition) is 10. The number of aromatic nitrogens is 2. The molecule has 3 heterocycles. The maximum Gasteiger partial charge on any atom is 0.310 e. The lowest BCUT2D eigenvalue weighted by molar-refractivity contribution is -0.351. The van der Waals surface area contributed by atoms with Crippen molar-refractivity contribution in [3.05, 3.63) is 29.9 Å². The van der Waals surface area contributed by atoms with Crippen molar-refractivity contribution in [3.63, 3.8) is 0 Å². The van der Waals surface area contributed by atoms with Crippen LogP contribution in [0.2, 0.25) is 0 Å². The van der Waals surface area contributed by atoms with Crippen molar-refractivity contribution in [2.75, 3.05) is 26.4 Å². The fourth-order valence-electron chi connectivity index (χ4n) is 19.5. The van der Waals surface area contributed by atoms with Gasteiger partial charge in [-0.3, -0.25) is 9.59 Å². The number of aromatic amines is 1. The average Bonchev–Trinajstić information content (AvgIpc) is 4.19. The fraction of sp³-hybridized carbons (Fsp3) is 0.873. The van der Waals surface area contributed by atoms with E-state index in [1.165, 1.54) is 5.57 Å². The van der Waals surface area contributed by atoms with Crippen molar-refractivity contribution in [1.29, 1.82) is 0 Å². The molecule has 19 atom stereocenters. The normalized spacial score (nSPS) is 48.6. The van der Waals surface area contributed by atoms with Gasteiger partial charge in [-0.05, 0) is 153 Å². The number of fused-ring (bicyclic) bond motifs is 8. The number of carbonyl (C=O) groups excluding carboxylic acids is 1. The number of carbonyl (C=O) groups is 2. The number of carboxylic acid groups (broad SMARTS) is 1. The number of imidazole rings is 1. The lowest BCUT2D eigenvalue weighted by Crippen LogP contribution is -2.76. The number of nitrogens with zero attached hydrogens (tertiary/aromatic N) is 1. The summed E-state index contributed by atoms with van der Waals surface area (Å²) in [4.78, 5) is 36.4. The quantitative estimate of drug-likeness (QED) is 0.0941. The first-order valence-electron chi connectivity index (χ1n) is 27.4. The highest BCUT2D eigenvalue weighted by atomic mass is 16.7. The van der Waals surface area contributed by atoms with Crippen LogP contribution in [-0.4, -0.2) is 127 Å². The summed E-state index contributed by atoms with van der Waals surface area (Å²) in [6.07, 6.45) is 11.6. The number of ether oxygens (including phenoxy) is 2. The van der Waals surface area contributed by atoms with Crippen molar-refractivity contribution in [2.45, 2.75) is 199 Å². The van der Waals surface area contributed by atoms with Crippen LogP contribution in [0.4, 0.5) is 0 Å². The van der Waals surface area contributed by atoms with Crippen molar-refractivity contribution in [3.8, 4) is 0 Å². The molecule has 8 fully saturated rings. The molecule has 1 aromatic rings. The number of aliphatic hydroxyl groups is 6. The van der Waals surface area contributed by atoms with E-state index in [2.05, 4.69) is 49.1 Å². The molecule has 15 heteroatoms. The second-order valence-corrected chi connectivity index (χ2v) is 26.1. The topological polar surface area (TPSA) is 261 Å². The summed E-state index contributed by atoms with van der Waals surface area (Å²) in [7, 11) is 0. The number of carboxylic acids is 1. The van der Waals surface area contributed by atoms with Gasteiger partial charge in [-0.15, -0.1) is 0 Å². The lowest BCUT2D eigenvalue weighted by atomic mass is 9.26. The van der Waals surface area contributed by atoms with Crippen LogP contribution in [0.3, 0.4) is 0 Å². The Morgan fingerprint density at radius 1 is 0.886 bits per heavy atom. The van der Waals surface area contributed by atoms with Crippen molar-refractivity contribution < 1.29 is 54.8 Å². The van der Waals surface area contributed by atoms with Crippen molar-refractivity contribution in [2.24, 2.45) is 78.6 Å². The van der Waals surface area contributed by atoms with Gasteiger partial charge in [-0.2, -0.15) is 0 Å². The molecule has 0 bridgehead atoms. The Bertz CT molecular complexity index is 2150. The largest absolute Gasteiger partial charge is 0.481 e. The molecule has 1 aromatic heterocycles. The molecule has 9 aliphatic rings. The molecule has 0 unspecified atom stereocenters. The Balaban J connectivity index is 1.16. The van der Waals surface area contributed by atoms with Crippen molar-refractivity contribution in [1.82, 2.24) is 15.3 Å². The Labute approximate surface area is 414 Å². The Hall–Kier alpha value is -2.47. The number of aliphatic hydroxyl groups excluding tert-OH is 6. The van der Waals surface area contributed by atoms with Crippen LogP contribution in [0.15, 0.2) is 24.2 Å². The van der Waals surface area contributed by atoms with Crippen LogP contribution in [0.5, 0.6) is 0 Å². The standard InChI is InChI=1S/C55H86N4O11/c1-48(28-60)18-20-55(47(67)68)21-19-50(3)32(35(55)24-48)12-13-38-51(4)34(23-33-40(59-46(66)54(33)16-8-9-17-54)31(11-10-22-56)36-26-57-30-58-36)41(63)44(70-45-43(65)42(64)37(62)27-69-45)49(2,29-61)39(51)25-53(52(38,50)5)14-6-7-15-53/h12,26,30-31,33-35,37-45,60-65H,6-11,13-25,27-29,56H2,1-5H3,(H,57,58)(H,59,66)(H,67,68)/t31-,33+,34+,35+,37-,38-,39-,40-,41-,42+,43-,44-,45+,48+,49+,50-,51-,52-,55+/m1/s1. The fourth-order valence-corrected chi connectivity index (χ4v) is 19.5. The van der Waals surface area contributed by atoms with Crippen molar-refractivity contribution >= 4 is 11.9 Å². The van der Waals surface area contributed by atoms with E-state index in [1.807, 2.05) is 13.1 Å². The minimum atomic E-state index is -1.61. The molecule has 1 amide bonds. The van der Waals surface area contributed by atoms with Crippen LogP contribution in [-0.2, 0) is 19.1 Å². The summed E-state index contributed by atoms with van der Waals surface area (Å²) in [6.45, 7) is 11.4. The Morgan fingerprint density at radius 3 is 2.23 bits per heavy atom. The van der Waals surface area contributed by atoms with Gasteiger partial charge in [0.05, 0.1) is 42.6 Å². The van der Waals surface area contributed by atoms with Gasteiger partial charge >= 0.3 is 5.97 Å². The van der Waals surface area contributed by atoms with Gasteiger partial charge < -0.3 is 61.3 Å². The molecule has 70 heavy (non-hydrogen) atoms. The molecule has 0 radical (unpaired) electrons. The van der Waals surface area contributed by atoms with E-state index in [-0.39, 0.29) is 72.2 Å². The van der Waals surface area contributed by atoms with E-state index < -0.39 is 81.2 Å². The van der Waals surface area contributed by atoms with Gasteiger partial charge in [0.15, 0.2) is 6.29 Å². The summed E-state index contributed by atoms with van der Waals surface area (Å²) in [5.41, 5.74) is 3.60. The van der Waals surface area contributed by atoms with Gasteiger partial charge in [0.2, 0.25) is 5.91 Å². The first kappa shape index (κ1) is 51.0. The number of allylic oxidation sites excluding steroid dienone is 2. The van der Waals surface area contributed by atoms with E-state index in [1.54, 1.807) is 6.33 Å². The SMILES string of the molecule is C[C@]1(CO)CC[C@]2(C(=O)O)CC[C@]3(C)C(=CC[C@@H]4[C@]5(C)[C@H](CC6(CCCC6)[C@]43C)[C@](C)(CO)[C@H](O[C@@H]3OC[C@@H](O)[C@H](O)[C@H]3O)[C@H](O)[C@@H]5C[C@H]3[C@@H]([C@H](CCCN)c4cnc[nH]4)NC(=O)C34CCCC4)[C@@H]2C1. The average molecular weight is 979 g/mol. The number of rotatable bonds is 12. The third-order valence-electron chi connectivity index (χ3n) is 23.6. The maximum absolute atomic E-state index is 14.9. The number of hydrogen-bond acceptors (Lipinski definition) is 12. The second kappa shape index (κ2) is 17.8. The second-order valence-electron chi connectivity index (χ2n) is 26.1. The van der Waals surface area contributed by atoms with Gasteiger partial charge in [0, 0.05) is 35.9 Å². The molecule has 0 aromatic carbocycles. The Kier molecular flexibility index (Phi) is 13.0. The zero-order chi connectivity index (χ0) is 50.0. The number of amides is 1. The van der Waals surface area contributed by atoms with Gasteiger partial charge in [0.1, 0.15) is 18.3 Å². The molecule has 10 rings (SSSR count). The minimum absolute atomic E-state index is 0.00620. The van der Waals surface area contributed by atoms with Crippen LogP contribution < -0.4 is 11.1 Å². The molecule has 2 spiro atoms. The summed E-state index contributed by atoms with van der Waals surface area (Å²) < 4.78 is 12.8. The lowest BCUT2D eigenvalue weighted by Gasteiger charge is -2.78. The molecular weight excluding hydrogens is 893 g/mol. The van der Waals surface area contributed by atoms with Crippen LogP contribution >= 0.6 is 0 Å². The van der Waals surface area contributed by atoms with Crippen LogP contribution in [0.25, 0.3) is 0 Å². The van der Waals surface area contributed by atoms with Gasteiger partial charge in [0.25, 0.3) is 0 Å². The highest BCUT2D eigenvalue weighted by Crippen LogP contribution is 2.83. The highest BCUT2D eigenvalue weighted by Gasteiger charge is 2.79. The molecule has 392 valence electrons. The van der Waals surface area contributed by atoms with Crippen LogP contribution in [0, 0.1) is 72.9 Å². The number of nitrogens with two attached hydrogens (primary N) is 1. The van der Waals surface area contributed by atoms with Crippen LogP contribution in [0.1, 0.15) is 162 Å². The van der Waals surface area contributed by atoms with E-state index >= 15 is 0 Å². The third kappa shape index (κ3) is 6.92. The summed E-state index contributed by atoms with van der Waals surface area (Å²) in [5, 5.41) is 84.4. The summed E-state index contributed by atoms with van der Waals surface area (Å²) in [6, 6.07) is -0.293. The zero-order valence-corrected chi connectivity index (χ0v) is 42.6. The highest BCUT2D eigenvalue weighted by molar-refractivity contribution is 5.86. The third-order valence-corrected chi connectivity index (χ3v) is 23.6. The smallest absolute Gasteiger partial charge is 0.310 e. The molecule has 2 saturated heterocycles. The number of nitrogens with one attached hydrogen (secondary N) is 2. The Morgan fingerprint density at radius 2 is 1.59 bits per heavy atom. The molecule has 2 aliphatic heterocycles. The maximum atomic E-state index is 14.9. The molecule has 6 saturated carbocycles. The van der Waals surface area contributed by atoms with E-state index in [0.29, 0.717) is 51.5 Å². The first-order chi connectivity index (χ1) is 33.2. The van der Waals surface area contributed by atoms with E-state index in [0.717, 1.165) is 76.3 Å². The first-order valence-corrected chi connectivity index (χ1v) is 27.4. The predicted octanol–water partition coefficient (Wildman–Crippen LogP) is 5.32. The number of H-pyrrole nitrogens is 1. The monoisotopic (exact) mass is 979 g/mol. The van der Waals surface area contributed by atoms with E-state index in [4.69, 9.17) is 15.2 Å². The number of aliphatic carboxylic acids is 1. The van der Waals surface area contributed by atoms with Gasteiger partial charge in [-0.1, -0.05) is 72.0 Å². The summed E-state index contributed by atoms with van der Waals surface area (Å²) >= 11 is 0.